The summed E-state index contributed by atoms with van der Waals surface area (Å²) in [5, 5.41) is 6.45. The lowest BCUT2D eigenvalue weighted by molar-refractivity contribution is 0.0520. The van der Waals surface area contributed by atoms with E-state index in [-0.39, 0.29) is 18.2 Å². The Morgan fingerprint density at radius 3 is 2.35 bits per heavy atom. The van der Waals surface area contributed by atoms with Gasteiger partial charge in [0.1, 0.15) is 5.60 Å². The van der Waals surface area contributed by atoms with Crippen molar-refractivity contribution >= 4 is 6.09 Å². The van der Waals surface area contributed by atoms with E-state index in [0.29, 0.717) is 12.5 Å². The molecule has 5 heteroatoms. The van der Waals surface area contributed by atoms with Crippen LogP contribution in [0.25, 0.3) is 0 Å². The molecule has 1 heterocycles. The Balaban J connectivity index is 2.57. The zero-order valence-corrected chi connectivity index (χ0v) is 15.2. The summed E-state index contributed by atoms with van der Waals surface area (Å²) >= 11 is 0. The van der Waals surface area contributed by atoms with E-state index < -0.39 is 5.60 Å². The average molecular weight is 321 g/mol. The Bertz CT molecular complexity index is 469. The molecule has 0 aliphatic carbocycles. The molecule has 0 spiro atoms. The highest BCUT2D eigenvalue weighted by molar-refractivity contribution is 5.67. The van der Waals surface area contributed by atoms with Crippen molar-refractivity contribution in [2.75, 3.05) is 6.54 Å². The predicted molar refractivity (Wildman–Crippen MR) is 93.3 cm³/mol. The average Bonchev–Trinajstić information content (AvgIpc) is 2.43. The molecule has 0 fully saturated rings. The highest BCUT2D eigenvalue weighted by Gasteiger charge is 2.19. The molecule has 1 rings (SSSR count). The van der Waals surface area contributed by atoms with Crippen LogP contribution in [-0.4, -0.2) is 29.3 Å². The minimum Gasteiger partial charge on any atom is -0.444 e. The molecule has 2 unspecified atom stereocenters. The zero-order valence-electron chi connectivity index (χ0n) is 15.2. The number of pyridine rings is 1. The molecule has 2 atom stereocenters. The molecule has 5 nitrogen and oxygen atoms in total. The van der Waals surface area contributed by atoms with Gasteiger partial charge in [-0.15, -0.1) is 0 Å². The van der Waals surface area contributed by atoms with Crippen molar-refractivity contribution in [2.24, 2.45) is 5.92 Å². The second kappa shape index (κ2) is 8.87. The van der Waals surface area contributed by atoms with Crippen molar-refractivity contribution in [1.82, 2.24) is 15.6 Å². The number of nitrogens with zero attached hydrogens (tertiary/aromatic N) is 1. The van der Waals surface area contributed by atoms with Crippen LogP contribution >= 0.6 is 0 Å². The van der Waals surface area contributed by atoms with E-state index in [1.54, 1.807) is 12.4 Å². The summed E-state index contributed by atoms with van der Waals surface area (Å²) < 4.78 is 5.30. The van der Waals surface area contributed by atoms with Gasteiger partial charge in [0.05, 0.1) is 0 Å². The molecule has 1 aromatic rings. The minimum absolute atomic E-state index is 0.186. The Kier molecular flexibility index (Phi) is 7.49. The van der Waals surface area contributed by atoms with E-state index >= 15 is 0 Å². The highest BCUT2D eigenvalue weighted by atomic mass is 16.6. The van der Waals surface area contributed by atoms with Gasteiger partial charge in [0.2, 0.25) is 0 Å². The first-order chi connectivity index (χ1) is 10.7. The highest BCUT2D eigenvalue weighted by Crippen LogP contribution is 2.14. The number of alkyl carbamates (subject to hydrolysis) is 1. The van der Waals surface area contributed by atoms with Crippen LogP contribution in [0.15, 0.2) is 24.5 Å². The van der Waals surface area contributed by atoms with E-state index in [2.05, 4.69) is 36.4 Å². The Labute approximate surface area is 140 Å². The molecule has 0 saturated heterocycles. The summed E-state index contributed by atoms with van der Waals surface area (Å²) in [5.74, 6) is 0.539. The van der Waals surface area contributed by atoms with Crippen LogP contribution in [-0.2, 0) is 4.74 Å². The number of carbonyl (C=O) groups excluding carboxylic acids is 1. The topological polar surface area (TPSA) is 63.2 Å². The third-order valence-electron chi connectivity index (χ3n) is 3.34. The van der Waals surface area contributed by atoms with E-state index in [0.717, 1.165) is 6.42 Å². The van der Waals surface area contributed by atoms with Gasteiger partial charge in [0.25, 0.3) is 0 Å². The van der Waals surface area contributed by atoms with Crippen LogP contribution < -0.4 is 10.6 Å². The van der Waals surface area contributed by atoms with E-state index in [1.165, 1.54) is 5.56 Å². The molecule has 0 bridgehead atoms. The third kappa shape index (κ3) is 8.55. The number of hydrogen-bond donors (Lipinski definition) is 2. The van der Waals surface area contributed by atoms with Gasteiger partial charge in [-0.25, -0.2) is 4.79 Å². The third-order valence-corrected chi connectivity index (χ3v) is 3.34. The predicted octanol–water partition coefficient (Wildman–Crippen LogP) is 3.67. The van der Waals surface area contributed by atoms with Crippen LogP contribution in [0.5, 0.6) is 0 Å². The summed E-state index contributed by atoms with van der Waals surface area (Å²) in [7, 11) is 0. The number of carbonyl (C=O) groups is 1. The maximum absolute atomic E-state index is 11.8. The molecular formula is C18H31N3O2. The van der Waals surface area contributed by atoms with Crippen LogP contribution in [0.4, 0.5) is 4.79 Å². The maximum Gasteiger partial charge on any atom is 0.407 e. The molecule has 23 heavy (non-hydrogen) atoms. The number of ether oxygens (including phenoxy) is 1. The zero-order chi connectivity index (χ0) is 17.5. The molecule has 0 saturated carbocycles. The molecule has 0 aliphatic rings. The monoisotopic (exact) mass is 321 g/mol. The van der Waals surface area contributed by atoms with Crippen LogP contribution in [0, 0.1) is 5.92 Å². The first-order valence-corrected chi connectivity index (χ1v) is 8.30. The SMILES string of the molecule is CC(C)CC(CNC(=O)OC(C)(C)C)NC(C)c1ccncc1. The summed E-state index contributed by atoms with van der Waals surface area (Å²) in [6, 6.07) is 4.39. The van der Waals surface area contributed by atoms with E-state index in [1.807, 2.05) is 32.9 Å². The first-order valence-electron chi connectivity index (χ1n) is 8.30. The molecule has 0 aliphatic heterocycles. The lowest BCUT2D eigenvalue weighted by Crippen LogP contribution is -2.44. The van der Waals surface area contributed by atoms with Gasteiger partial charge >= 0.3 is 6.09 Å². The van der Waals surface area contributed by atoms with Crippen molar-refractivity contribution in [3.63, 3.8) is 0 Å². The lowest BCUT2D eigenvalue weighted by atomic mass is 10.0. The molecule has 130 valence electrons. The summed E-state index contributed by atoms with van der Waals surface area (Å²) in [6.45, 7) is 12.6. The second-order valence-electron chi connectivity index (χ2n) is 7.38. The first kappa shape index (κ1) is 19.4. The van der Waals surface area contributed by atoms with Gasteiger partial charge in [0, 0.05) is 31.0 Å². The molecule has 2 N–H and O–H groups in total. The van der Waals surface area contributed by atoms with Gasteiger partial charge in [-0.1, -0.05) is 13.8 Å². The Morgan fingerprint density at radius 1 is 1.22 bits per heavy atom. The fourth-order valence-corrected chi connectivity index (χ4v) is 2.40. The largest absolute Gasteiger partial charge is 0.444 e. The normalized spacial score (nSPS) is 14.4. The fraction of sp³-hybridized carbons (Fsp3) is 0.667. The second-order valence-corrected chi connectivity index (χ2v) is 7.38. The van der Waals surface area contributed by atoms with E-state index in [9.17, 15) is 4.79 Å². The van der Waals surface area contributed by atoms with Gasteiger partial charge in [0.15, 0.2) is 0 Å². The number of hydrogen-bond acceptors (Lipinski definition) is 4. The van der Waals surface area contributed by atoms with E-state index in [4.69, 9.17) is 4.74 Å². The number of amides is 1. The molecule has 0 radical (unpaired) electrons. The number of rotatable bonds is 7. The van der Waals surface area contributed by atoms with Gasteiger partial charge in [-0.3, -0.25) is 4.98 Å². The van der Waals surface area contributed by atoms with Crippen molar-refractivity contribution in [2.45, 2.75) is 65.6 Å². The number of nitrogens with one attached hydrogen (secondary N) is 2. The lowest BCUT2D eigenvalue weighted by Gasteiger charge is -2.26. The van der Waals surface area contributed by atoms with Crippen molar-refractivity contribution in [1.29, 1.82) is 0 Å². The molecule has 1 amide bonds. The van der Waals surface area contributed by atoms with Gasteiger partial charge in [-0.05, 0) is 57.7 Å². The van der Waals surface area contributed by atoms with Gasteiger partial charge < -0.3 is 15.4 Å². The van der Waals surface area contributed by atoms with Crippen molar-refractivity contribution < 1.29 is 9.53 Å². The fourth-order valence-electron chi connectivity index (χ4n) is 2.40. The van der Waals surface area contributed by atoms with Crippen LogP contribution in [0.2, 0.25) is 0 Å². The van der Waals surface area contributed by atoms with Crippen molar-refractivity contribution in [3.05, 3.63) is 30.1 Å². The maximum atomic E-state index is 11.8. The standard InChI is InChI=1S/C18H31N3O2/c1-13(2)11-16(12-20-17(22)23-18(4,5)6)21-14(3)15-7-9-19-10-8-15/h7-10,13-14,16,21H,11-12H2,1-6H3,(H,20,22). The molecular weight excluding hydrogens is 290 g/mol. The summed E-state index contributed by atoms with van der Waals surface area (Å²) in [4.78, 5) is 15.9. The Hall–Kier alpha value is -1.62. The summed E-state index contributed by atoms with van der Waals surface area (Å²) in [5.41, 5.74) is 0.709. The van der Waals surface area contributed by atoms with Gasteiger partial charge in [-0.2, -0.15) is 0 Å². The Morgan fingerprint density at radius 2 is 1.83 bits per heavy atom. The smallest absolute Gasteiger partial charge is 0.407 e. The van der Waals surface area contributed by atoms with Crippen molar-refractivity contribution in [3.8, 4) is 0 Å². The molecule has 1 aromatic heterocycles. The quantitative estimate of drug-likeness (QED) is 0.804. The minimum atomic E-state index is -0.477. The van der Waals surface area contributed by atoms with Crippen LogP contribution in [0.3, 0.4) is 0 Å². The van der Waals surface area contributed by atoms with Crippen LogP contribution in [0.1, 0.15) is 59.6 Å². The molecule has 0 aromatic carbocycles. The number of aromatic nitrogens is 1. The summed E-state index contributed by atoms with van der Waals surface area (Å²) in [6.07, 6.45) is 4.20.